The van der Waals surface area contributed by atoms with Gasteiger partial charge in [-0.3, -0.25) is 4.90 Å². The molecule has 0 amide bonds. The SMILES string of the molecule is O=c1oc2cc(OCC(O)CN3CCN(c4ccccc4F)CC3)ccc2c2c1CCC2. The Hall–Kier alpha value is -2.90. The fourth-order valence-corrected chi connectivity index (χ4v) is 4.78. The number of nitrogens with zero attached hydrogens (tertiary/aromatic N) is 2. The molecule has 2 aliphatic rings. The van der Waals surface area contributed by atoms with E-state index >= 15 is 0 Å². The van der Waals surface area contributed by atoms with Crippen molar-refractivity contribution in [3.05, 3.63) is 69.8 Å². The van der Waals surface area contributed by atoms with E-state index in [2.05, 4.69) is 4.90 Å². The molecule has 1 unspecified atom stereocenters. The van der Waals surface area contributed by atoms with E-state index in [4.69, 9.17) is 9.15 Å². The Morgan fingerprint density at radius 2 is 1.84 bits per heavy atom. The van der Waals surface area contributed by atoms with E-state index in [-0.39, 0.29) is 18.0 Å². The number of aliphatic hydroxyl groups is 1. The van der Waals surface area contributed by atoms with Crippen LogP contribution in [-0.2, 0) is 12.8 Å². The predicted octanol–water partition coefficient (Wildman–Crippen LogP) is 2.98. The highest BCUT2D eigenvalue weighted by molar-refractivity contribution is 5.83. The molecule has 1 N–H and O–H groups in total. The van der Waals surface area contributed by atoms with Crippen LogP contribution in [0.15, 0.2) is 51.7 Å². The van der Waals surface area contributed by atoms with Crippen LogP contribution in [0.5, 0.6) is 5.75 Å². The highest BCUT2D eigenvalue weighted by atomic mass is 19.1. The van der Waals surface area contributed by atoms with Crippen LogP contribution in [0.4, 0.5) is 10.1 Å². The van der Waals surface area contributed by atoms with Gasteiger partial charge < -0.3 is 19.2 Å². The Morgan fingerprint density at radius 3 is 2.66 bits per heavy atom. The Morgan fingerprint density at radius 1 is 1.06 bits per heavy atom. The Labute approximate surface area is 185 Å². The number of fused-ring (bicyclic) bond motifs is 3. The predicted molar refractivity (Wildman–Crippen MR) is 121 cm³/mol. The van der Waals surface area contributed by atoms with Crippen LogP contribution in [0.3, 0.4) is 0 Å². The summed E-state index contributed by atoms with van der Waals surface area (Å²) in [4.78, 5) is 16.4. The highest BCUT2D eigenvalue weighted by Gasteiger charge is 2.22. The normalized spacial score (nSPS) is 17.5. The molecule has 5 rings (SSSR count). The summed E-state index contributed by atoms with van der Waals surface area (Å²) in [6, 6.07) is 12.3. The van der Waals surface area contributed by atoms with Gasteiger partial charge in [-0.05, 0) is 49.1 Å². The maximum atomic E-state index is 14.0. The molecule has 0 bridgehead atoms. The van der Waals surface area contributed by atoms with E-state index in [1.165, 1.54) is 6.07 Å². The molecule has 1 atom stereocenters. The number of ether oxygens (including phenoxy) is 1. The molecule has 6 nitrogen and oxygen atoms in total. The van der Waals surface area contributed by atoms with Crippen LogP contribution in [0.1, 0.15) is 17.5 Å². The Balaban J connectivity index is 1.15. The first kappa shape index (κ1) is 21.0. The lowest BCUT2D eigenvalue weighted by Crippen LogP contribution is -2.49. The third-order valence-electron chi connectivity index (χ3n) is 6.42. The molecule has 3 aromatic rings. The van der Waals surface area contributed by atoms with Crippen LogP contribution in [0, 0.1) is 5.82 Å². The lowest BCUT2D eigenvalue weighted by atomic mass is 10.1. The van der Waals surface area contributed by atoms with Gasteiger partial charge in [0.15, 0.2) is 0 Å². The summed E-state index contributed by atoms with van der Waals surface area (Å²) in [6.45, 7) is 3.55. The summed E-state index contributed by atoms with van der Waals surface area (Å²) in [5, 5.41) is 11.4. The van der Waals surface area contributed by atoms with Crippen LogP contribution in [0.25, 0.3) is 11.0 Å². The molecule has 0 radical (unpaired) electrons. The molecule has 0 saturated carbocycles. The summed E-state index contributed by atoms with van der Waals surface area (Å²) < 4.78 is 25.3. The van der Waals surface area contributed by atoms with E-state index in [0.717, 1.165) is 48.9 Å². The second-order valence-corrected chi connectivity index (χ2v) is 8.56. The van der Waals surface area contributed by atoms with Gasteiger partial charge in [-0.15, -0.1) is 0 Å². The van der Waals surface area contributed by atoms with Crippen molar-refractivity contribution in [1.29, 1.82) is 0 Å². The molecule has 1 fully saturated rings. The molecule has 1 aliphatic heterocycles. The van der Waals surface area contributed by atoms with Crippen LogP contribution >= 0.6 is 0 Å². The summed E-state index contributed by atoms with van der Waals surface area (Å²) in [7, 11) is 0. The van der Waals surface area contributed by atoms with Crippen molar-refractivity contribution in [2.24, 2.45) is 0 Å². The minimum Gasteiger partial charge on any atom is -0.491 e. The first-order valence-corrected chi connectivity index (χ1v) is 11.2. The van der Waals surface area contributed by atoms with Crippen molar-refractivity contribution in [2.45, 2.75) is 25.4 Å². The van der Waals surface area contributed by atoms with Gasteiger partial charge in [0, 0.05) is 49.7 Å². The zero-order valence-electron chi connectivity index (χ0n) is 17.9. The molecular formula is C25H27FN2O4. The lowest BCUT2D eigenvalue weighted by Gasteiger charge is -2.36. The zero-order chi connectivity index (χ0) is 22.1. The number of halogens is 1. The molecule has 0 spiro atoms. The number of hydrogen-bond acceptors (Lipinski definition) is 6. The monoisotopic (exact) mass is 438 g/mol. The van der Waals surface area contributed by atoms with Crippen LogP contribution < -0.4 is 15.3 Å². The summed E-state index contributed by atoms with van der Waals surface area (Å²) in [6.07, 6.45) is 2.02. The minimum atomic E-state index is -0.655. The number of β-amino-alcohol motifs (C(OH)–C–C–N with tert-alkyl or cyclic N) is 1. The van der Waals surface area contributed by atoms with Crippen molar-refractivity contribution >= 4 is 16.7 Å². The van der Waals surface area contributed by atoms with Crippen molar-refractivity contribution in [1.82, 2.24) is 4.90 Å². The van der Waals surface area contributed by atoms with Gasteiger partial charge in [-0.2, -0.15) is 0 Å². The van der Waals surface area contributed by atoms with Gasteiger partial charge in [-0.1, -0.05) is 12.1 Å². The average Bonchev–Trinajstić information content (AvgIpc) is 3.30. The van der Waals surface area contributed by atoms with E-state index in [0.29, 0.717) is 36.7 Å². The highest BCUT2D eigenvalue weighted by Crippen LogP contribution is 2.29. The van der Waals surface area contributed by atoms with Gasteiger partial charge in [0.05, 0.1) is 5.69 Å². The van der Waals surface area contributed by atoms with Crippen molar-refractivity contribution < 1.29 is 18.7 Å². The second-order valence-electron chi connectivity index (χ2n) is 8.56. The number of anilines is 1. The standard InChI is InChI=1S/C25H27FN2O4/c26-22-6-1-2-7-23(22)28-12-10-27(11-13-28)15-17(29)16-31-18-8-9-20-19-4-3-5-21(19)25(30)32-24(20)14-18/h1-2,6-9,14,17,29H,3-5,10-13,15-16H2. The Bertz CT molecular complexity index is 1170. The second kappa shape index (κ2) is 8.92. The average molecular weight is 438 g/mol. The molecule has 1 saturated heterocycles. The van der Waals surface area contributed by atoms with E-state index in [1.54, 1.807) is 18.2 Å². The largest absolute Gasteiger partial charge is 0.491 e. The fraction of sp³-hybridized carbons (Fsp3) is 0.400. The van der Waals surface area contributed by atoms with Gasteiger partial charge >= 0.3 is 5.63 Å². The molecule has 32 heavy (non-hydrogen) atoms. The molecule has 168 valence electrons. The molecule has 1 aromatic heterocycles. The first-order valence-electron chi connectivity index (χ1n) is 11.2. The molecule has 2 heterocycles. The van der Waals surface area contributed by atoms with Crippen molar-refractivity contribution in [2.75, 3.05) is 44.2 Å². The maximum Gasteiger partial charge on any atom is 0.339 e. The first-order chi connectivity index (χ1) is 15.6. The topological polar surface area (TPSA) is 66.2 Å². The molecular weight excluding hydrogens is 411 g/mol. The maximum absolute atomic E-state index is 14.0. The van der Waals surface area contributed by atoms with Crippen molar-refractivity contribution in [3.8, 4) is 5.75 Å². The number of para-hydroxylation sites is 1. The molecule has 7 heteroatoms. The number of piperazine rings is 1. The fourth-order valence-electron chi connectivity index (χ4n) is 4.78. The number of rotatable bonds is 6. The summed E-state index contributed by atoms with van der Waals surface area (Å²) in [5.74, 6) is 0.368. The minimum absolute atomic E-state index is 0.147. The lowest BCUT2D eigenvalue weighted by molar-refractivity contribution is 0.0663. The van der Waals surface area contributed by atoms with Gasteiger partial charge in [0.1, 0.15) is 29.9 Å². The number of benzene rings is 2. The molecule has 2 aromatic carbocycles. The summed E-state index contributed by atoms with van der Waals surface area (Å²) >= 11 is 0. The van der Waals surface area contributed by atoms with E-state index < -0.39 is 6.10 Å². The molecule has 1 aliphatic carbocycles. The summed E-state index contributed by atoms with van der Waals surface area (Å²) in [5.41, 5.74) is 2.81. The number of aryl methyl sites for hydroxylation is 1. The third kappa shape index (κ3) is 4.23. The van der Waals surface area contributed by atoms with Crippen molar-refractivity contribution in [3.63, 3.8) is 0 Å². The third-order valence-corrected chi connectivity index (χ3v) is 6.42. The Kier molecular flexibility index (Phi) is 5.85. The van der Waals surface area contributed by atoms with E-state index in [9.17, 15) is 14.3 Å². The van der Waals surface area contributed by atoms with Gasteiger partial charge in [0.2, 0.25) is 0 Å². The van der Waals surface area contributed by atoms with E-state index in [1.807, 2.05) is 23.1 Å². The number of hydrogen-bond donors (Lipinski definition) is 1. The quantitative estimate of drug-likeness (QED) is 0.597. The smallest absolute Gasteiger partial charge is 0.339 e. The van der Waals surface area contributed by atoms with Gasteiger partial charge in [-0.25, -0.2) is 9.18 Å². The van der Waals surface area contributed by atoms with Crippen LogP contribution in [0.2, 0.25) is 0 Å². The number of aliphatic hydroxyl groups excluding tert-OH is 1. The van der Waals surface area contributed by atoms with Gasteiger partial charge in [0.25, 0.3) is 0 Å². The van der Waals surface area contributed by atoms with Crippen LogP contribution in [-0.4, -0.2) is 55.4 Å². The zero-order valence-corrected chi connectivity index (χ0v) is 17.9.